The zero-order valence-electron chi connectivity index (χ0n) is 17.2. The van der Waals surface area contributed by atoms with Gasteiger partial charge < -0.3 is 9.84 Å². The summed E-state index contributed by atoms with van der Waals surface area (Å²) in [6.45, 7) is 4.53. The van der Waals surface area contributed by atoms with Crippen molar-refractivity contribution < 1.29 is 14.6 Å². The third-order valence-corrected chi connectivity index (χ3v) is 8.77. The number of esters is 1. The molecule has 3 fully saturated rings. The van der Waals surface area contributed by atoms with E-state index in [1.54, 1.807) is 11.6 Å². The van der Waals surface area contributed by atoms with Crippen molar-refractivity contribution in [1.82, 2.24) is 0 Å². The molecule has 0 saturated heterocycles. The molecule has 1 N–H and O–H groups in total. The van der Waals surface area contributed by atoms with E-state index < -0.39 is 5.60 Å². The number of fused-ring (bicyclic) bond motifs is 5. The molecule has 0 aliphatic heterocycles. The van der Waals surface area contributed by atoms with Crippen molar-refractivity contribution >= 4 is 5.97 Å². The molecular formula is C24H36O3. The zero-order valence-corrected chi connectivity index (χ0v) is 17.2. The van der Waals surface area contributed by atoms with E-state index in [2.05, 4.69) is 13.0 Å². The molecule has 4 aliphatic rings. The molecule has 0 aromatic heterocycles. The largest absolute Gasteiger partial charge is 0.466 e. The lowest BCUT2D eigenvalue weighted by atomic mass is 9.49. The Morgan fingerprint density at radius 1 is 1.19 bits per heavy atom. The fourth-order valence-corrected chi connectivity index (χ4v) is 7.40. The number of carbonyl (C=O) groups excluding carboxylic acids is 1. The summed E-state index contributed by atoms with van der Waals surface area (Å²) in [6, 6.07) is 0. The number of rotatable bonds is 3. The number of aliphatic hydroxyl groups is 1. The molecule has 0 bridgehead atoms. The first-order valence-electron chi connectivity index (χ1n) is 11.0. The second-order valence-electron chi connectivity index (χ2n) is 10.2. The Bertz CT molecular complexity index is 646. The summed E-state index contributed by atoms with van der Waals surface area (Å²) in [5.74, 6) is 3.84. The Balaban J connectivity index is 1.45. The van der Waals surface area contributed by atoms with Gasteiger partial charge in [-0.15, -0.1) is 0 Å². The van der Waals surface area contributed by atoms with E-state index in [9.17, 15) is 9.90 Å². The molecule has 3 heteroatoms. The molecule has 6 unspecified atom stereocenters. The van der Waals surface area contributed by atoms with E-state index in [0.29, 0.717) is 5.41 Å². The van der Waals surface area contributed by atoms with Crippen LogP contribution in [0.2, 0.25) is 0 Å². The molecule has 0 radical (unpaired) electrons. The molecule has 4 aliphatic carbocycles. The number of ether oxygens (including phenoxy) is 1. The van der Waals surface area contributed by atoms with Crippen molar-refractivity contribution in [2.75, 3.05) is 7.11 Å². The van der Waals surface area contributed by atoms with Crippen LogP contribution in [0.15, 0.2) is 23.8 Å². The summed E-state index contributed by atoms with van der Waals surface area (Å²) in [7, 11) is 1.43. The summed E-state index contributed by atoms with van der Waals surface area (Å²) in [5.41, 5.74) is 1.43. The lowest BCUT2D eigenvalue weighted by Crippen LogP contribution is -2.50. The maximum Gasteiger partial charge on any atom is 0.330 e. The number of hydrogen-bond donors (Lipinski definition) is 1. The number of allylic oxidation sites excluding steroid dienone is 3. The van der Waals surface area contributed by atoms with Crippen LogP contribution in [0.3, 0.4) is 0 Å². The molecule has 3 nitrogen and oxygen atoms in total. The van der Waals surface area contributed by atoms with Gasteiger partial charge >= 0.3 is 5.97 Å². The summed E-state index contributed by atoms with van der Waals surface area (Å²) < 4.78 is 4.72. The van der Waals surface area contributed by atoms with Crippen molar-refractivity contribution in [3.05, 3.63) is 23.8 Å². The maximum absolute atomic E-state index is 11.4. The highest BCUT2D eigenvalue weighted by atomic mass is 16.5. The maximum atomic E-state index is 11.4. The molecule has 0 amide bonds. The van der Waals surface area contributed by atoms with Crippen LogP contribution >= 0.6 is 0 Å². The fraction of sp³-hybridized carbons (Fsp3) is 0.792. The van der Waals surface area contributed by atoms with E-state index in [-0.39, 0.29) is 5.97 Å². The topological polar surface area (TPSA) is 46.5 Å². The van der Waals surface area contributed by atoms with Gasteiger partial charge in [0.2, 0.25) is 0 Å². The third-order valence-electron chi connectivity index (χ3n) is 8.77. The highest BCUT2D eigenvalue weighted by Gasteiger charge is 2.55. The van der Waals surface area contributed by atoms with Crippen molar-refractivity contribution in [2.45, 2.75) is 77.2 Å². The molecular weight excluding hydrogens is 336 g/mol. The zero-order chi connectivity index (χ0) is 19.2. The minimum Gasteiger partial charge on any atom is -0.466 e. The number of methoxy groups -OCH3 is 1. The summed E-state index contributed by atoms with van der Waals surface area (Å²) >= 11 is 0. The lowest BCUT2D eigenvalue weighted by Gasteiger charge is -2.56. The molecule has 150 valence electrons. The van der Waals surface area contributed by atoms with Gasteiger partial charge in [0.1, 0.15) is 0 Å². The Kier molecular flexibility index (Phi) is 5.03. The van der Waals surface area contributed by atoms with Gasteiger partial charge in [-0.25, -0.2) is 4.79 Å². The first-order chi connectivity index (χ1) is 12.8. The highest BCUT2D eigenvalue weighted by Crippen LogP contribution is 2.63. The summed E-state index contributed by atoms with van der Waals surface area (Å²) in [5, 5.41) is 10.5. The Labute approximate surface area is 164 Å². The van der Waals surface area contributed by atoms with E-state index >= 15 is 0 Å². The first kappa shape index (κ1) is 19.2. The van der Waals surface area contributed by atoms with E-state index in [0.717, 1.165) is 48.9 Å². The van der Waals surface area contributed by atoms with Gasteiger partial charge in [-0.2, -0.15) is 0 Å². The molecule has 27 heavy (non-hydrogen) atoms. The standard InChI is InChI=1S/C24H36O3/c1-23(26)13-11-18-16(15-23)7-9-20-19(18)12-14-24(2)17(8-10-21(20)24)5-4-6-22(25)27-3/h4,6,8,16,18-21,26H,5,7,9-15H2,1-3H3/b6-4+/t16?,18?,19?,20?,21?,23-,24?/m0/s1. The minimum absolute atomic E-state index is 0.259. The summed E-state index contributed by atoms with van der Waals surface area (Å²) in [6.07, 6.45) is 16.7. The van der Waals surface area contributed by atoms with E-state index in [1.165, 1.54) is 45.6 Å². The number of carbonyl (C=O) groups is 1. The quantitative estimate of drug-likeness (QED) is 0.429. The third kappa shape index (κ3) is 3.41. The van der Waals surface area contributed by atoms with Crippen molar-refractivity contribution in [2.24, 2.45) is 35.0 Å². The normalized spacial score (nSPS) is 46.4. The molecule has 0 spiro atoms. The predicted molar refractivity (Wildman–Crippen MR) is 107 cm³/mol. The lowest BCUT2D eigenvalue weighted by molar-refractivity contribution is -0.134. The average Bonchev–Trinajstić information content (AvgIpc) is 2.97. The van der Waals surface area contributed by atoms with Crippen LogP contribution < -0.4 is 0 Å². The van der Waals surface area contributed by atoms with Gasteiger partial charge in [-0.3, -0.25) is 0 Å². The number of hydrogen-bond acceptors (Lipinski definition) is 3. The van der Waals surface area contributed by atoms with Crippen LogP contribution in [0.1, 0.15) is 71.6 Å². The van der Waals surface area contributed by atoms with Crippen molar-refractivity contribution in [3.8, 4) is 0 Å². The molecule has 3 saturated carbocycles. The second-order valence-corrected chi connectivity index (χ2v) is 10.2. The Morgan fingerprint density at radius 2 is 1.96 bits per heavy atom. The van der Waals surface area contributed by atoms with E-state index in [1.807, 2.05) is 13.0 Å². The Hall–Kier alpha value is -1.09. The van der Waals surface area contributed by atoms with Crippen LogP contribution in [0, 0.1) is 35.0 Å². The van der Waals surface area contributed by atoms with Crippen LogP contribution in [-0.4, -0.2) is 23.8 Å². The first-order valence-corrected chi connectivity index (χ1v) is 11.0. The van der Waals surface area contributed by atoms with E-state index in [4.69, 9.17) is 4.74 Å². The second kappa shape index (κ2) is 7.06. The van der Waals surface area contributed by atoms with Crippen molar-refractivity contribution in [1.29, 1.82) is 0 Å². The molecule has 0 heterocycles. The monoisotopic (exact) mass is 372 g/mol. The molecule has 0 aromatic carbocycles. The van der Waals surface area contributed by atoms with Gasteiger partial charge in [-0.05, 0) is 99.7 Å². The predicted octanol–water partition coefficient (Wildman–Crippen LogP) is 5.05. The van der Waals surface area contributed by atoms with Gasteiger partial charge in [0, 0.05) is 6.08 Å². The molecule has 4 rings (SSSR count). The summed E-state index contributed by atoms with van der Waals surface area (Å²) in [4.78, 5) is 11.4. The SMILES string of the molecule is COC(=O)/C=C/CC1=CCC2C3CCC4C[C@@](C)(O)CCC4C3CCC12C. The van der Waals surface area contributed by atoms with Gasteiger partial charge in [0.15, 0.2) is 0 Å². The molecule has 7 atom stereocenters. The Morgan fingerprint density at radius 3 is 2.74 bits per heavy atom. The van der Waals surface area contributed by atoms with Gasteiger partial charge in [-0.1, -0.05) is 24.6 Å². The van der Waals surface area contributed by atoms with Crippen molar-refractivity contribution in [3.63, 3.8) is 0 Å². The fourth-order valence-electron chi connectivity index (χ4n) is 7.40. The van der Waals surface area contributed by atoms with Crippen LogP contribution in [0.5, 0.6) is 0 Å². The van der Waals surface area contributed by atoms with Crippen LogP contribution in [-0.2, 0) is 9.53 Å². The minimum atomic E-state index is -0.425. The molecule has 0 aromatic rings. The highest BCUT2D eigenvalue weighted by molar-refractivity contribution is 5.81. The van der Waals surface area contributed by atoms with Gasteiger partial charge in [0.05, 0.1) is 12.7 Å². The smallest absolute Gasteiger partial charge is 0.330 e. The van der Waals surface area contributed by atoms with Crippen LogP contribution in [0.25, 0.3) is 0 Å². The van der Waals surface area contributed by atoms with Gasteiger partial charge in [0.25, 0.3) is 0 Å². The van der Waals surface area contributed by atoms with Crippen LogP contribution in [0.4, 0.5) is 0 Å². The average molecular weight is 373 g/mol.